The van der Waals surface area contributed by atoms with E-state index in [0.717, 1.165) is 12.4 Å². The average molecular weight is 173 g/mol. The van der Waals surface area contributed by atoms with Crippen molar-refractivity contribution in [1.82, 2.24) is 0 Å². The molecule has 1 aliphatic rings. The van der Waals surface area contributed by atoms with Crippen molar-refractivity contribution >= 4 is 5.84 Å². The minimum Gasteiger partial charge on any atom is -0.293 e. The van der Waals surface area contributed by atoms with Crippen molar-refractivity contribution < 1.29 is 5.32 Å². The highest BCUT2D eigenvalue weighted by Crippen LogP contribution is 2.00. The van der Waals surface area contributed by atoms with E-state index in [9.17, 15) is 0 Å². The highest BCUT2D eigenvalue weighted by atomic mass is 15.0. The lowest BCUT2D eigenvalue weighted by atomic mass is 10.2. The van der Waals surface area contributed by atoms with Crippen LogP contribution in [0.4, 0.5) is 0 Å². The Morgan fingerprint density at radius 2 is 2.00 bits per heavy atom. The van der Waals surface area contributed by atoms with Gasteiger partial charge in [0.25, 0.3) is 0 Å². The van der Waals surface area contributed by atoms with E-state index in [4.69, 9.17) is 0 Å². The predicted molar refractivity (Wildman–Crippen MR) is 53.5 cm³/mol. The van der Waals surface area contributed by atoms with E-state index in [2.05, 4.69) is 29.4 Å². The van der Waals surface area contributed by atoms with Gasteiger partial charge in [0.2, 0.25) is 5.84 Å². The van der Waals surface area contributed by atoms with Crippen LogP contribution in [0.3, 0.4) is 0 Å². The lowest BCUT2D eigenvalue weighted by Crippen LogP contribution is -2.89. The lowest BCUT2D eigenvalue weighted by molar-refractivity contribution is -0.531. The smallest absolute Gasteiger partial charge is 0.231 e. The largest absolute Gasteiger partial charge is 0.293 e. The number of hydrogen-bond donors (Lipinski definition) is 1. The van der Waals surface area contributed by atoms with Crippen molar-refractivity contribution in [2.24, 2.45) is 4.99 Å². The molecule has 66 valence electrons. The molecule has 2 rings (SSSR count). The topological polar surface area (TPSA) is 29.0 Å². The summed E-state index contributed by atoms with van der Waals surface area (Å²) < 4.78 is 0. The zero-order valence-corrected chi connectivity index (χ0v) is 7.70. The number of aliphatic imine (C=N–C) groups is 1. The number of benzene rings is 1. The van der Waals surface area contributed by atoms with Gasteiger partial charge in [0.1, 0.15) is 6.54 Å². The van der Waals surface area contributed by atoms with E-state index >= 15 is 0 Å². The van der Waals surface area contributed by atoms with E-state index in [0.29, 0.717) is 0 Å². The van der Waals surface area contributed by atoms with Crippen LogP contribution < -0.4 is 5.32 Å². The van der Waals surface area contributed by atoms with E-state index in [1.54, 1.807) is 0 Å². The van der Waals surface area contributed by atoms with Gasteiger partial charge in [-0.1, -0.05) is 18.2 Å². The second kappa shape index (κ2) is 3.54. The van der Waals surface area contributed by atoms with E-state index in [1.165, 1.54) is 11.1 Å². The number of rotatable bonds is 1. The minimum absolute atomic E-state index is 1.02. The lowest BCUT2D eigenvalue weighted by Gasteiger charge is -2.08. The van der Waals surface area contributed by atoms with Gasteiger partial charge in [-0.2, -0.15) is 0 Å². The molecule has 1 heterocycles. The molecule has 0 saturated carbocycles. The van der Waals surface area contributed by atoms with Crippen molar-refractivity contribution in [3.63, 3.8) is 0 Å². The normalized spacial score (nSPS) is 16.4. The van der Waals surface area contributed by atoms with Crippen molar-refractivity contribution in [3.8, 4) is 0 Å². The van der Waals surface area contributed by atoms with Gasteiger partial charge in [0.15, 0.2) is 0 Å². The first-order chi connectivity index (χ1) is 6.36. The first kappa shape index (κ1) is 8.20. The summed E-state index contributed by atoms with van der Waals surface area (Å²) in [6, 6.07) is 10.3. The molecule has 2 N–H and O–H groups in total. The summed E-state index contributed by atoms with van der Waals surface area (Å²) >= 11 is 0. The molecule has 1 aliphatic heterocycles. The van der Waals surface area contributed by atoms with Crippen LogP contribution in [0.5, 0.6) is 0 Å². The number of amidine groups is 1. The van der Waals surface area contributed by atoms with Gasteiger partial charge >= 0.3 is 0 Å². The molecule has 0 atom stereocenters. The molecule has 2 nitrogen and oxygen atoms in total. The first-order valence-electron chi connectivity index (χ1n) is 4.48. The number of quaternary nitrogens is 1. The molecule has 0 radical (unpaired) electrons. The monoisotopic (exact) mass is 173 g/mol. The van der Waals surface area contributed by atoms with Gasteiger partial charge in [0.05, 0.1) is 5.56 Å². The molecular formula is C11H13N2+. The van der Waals surface area contributed by atoms with Crippen LogP contribution in [0.1, 0.15) is 12.5 Å². The Morgan fingerprint density at radius 3 is 2.62 bits per heavy atom. The van der Waals surface area contributed by atoms with Crippen LogP contribution in [0.25, 0.3) is 0 Å². The summed E-state index contributed by atoms with van der Waals surface area (Å²) in [5.41, 5.74) is 2.52. The van der Waals surface area contributed by atoms with Gasteiger partial charge < -0.3 is 0 Å². The maximum atomic E-state index is 4.38. The van der Waals surface area contributed by atoms with Crippen molar-refractivity contribution in [2.75, 3.05) is 6.54 Å². The van der Waals surface area contributed by atoms with Crippen molar-refractivity contribution in [1.29, 1.82) is 0 Å². The molecule has 0 amide bonds. The summed E-state index contributed by atoms with van der Waals surface area (Å²) in [7, 11) is 0. The SMILES string of the molecule is CC1=CN=C(c2ccccc2)[NH2+]C1. The highest BCUT2D eigenvalue weighted by molar-refractivity contribution is 5.92. The third-order valence-electron chi connectivity index (χ3n) is 2.11. The minimum atomic E-state index is 1.02. The molecule has 0 aliphatic carbocycles. The molecule has 0 saturated heterocycles. The zero-order valence-electron chi connectivity index (χ0n) is 7.70. The molecule has 0 spiro atoms. The van der Waals surface area contributed by atoms with Gasteiger partial charge in [-0.05, 0) is 24.6 Å². The first-order valence-corrected chi connectivity index (χ1v) is 4.48. The molecule has 0 bridgehead atoms. The predicted octanol–water partition coefficient (Wildman–Crippen LogP) is 0.914. The Labute approximate surface area is 78.0 Å². The summed E-state index contributed by atoms with van der Waals surface area (Å²) in [6.07, 6.45) is 1.95. The standard InChI is InChI=1S/C11H12N2/c1-9-7-12-11(13-8-9)10-5-3-2-4-6-10/h2-7H,8H2,1H3,(H,12,13)/p+1. The van der Waals surface area contributed by atoms with Crippen LogP contribution in [0, 0.1) is 0 Å². The quantitative estimate of drug-likeness (QED) is 0.654. The van der Waals surface area contributed by atoms with Crippen molar-refractivity contribution in [3.05, 3.63) is 47.7 Å². The summed E-state index contributed by atoms with van der Waals surface area (Å²) in [5.74, 6) is 1.09. The number of nitrogens with zero attached hydrogens (tertiary/aromatic N) is 1. The third-order valence-corrected chi connectivity index (χ3v) is 2.11. The fourth-order valence-corrected chi connectivity index (χ4v) is 1.34. The van der Waals surface area contributed by atoms with Crippen LogP contribution >= 0.6 is 0 Å². The Morgan fingerprint density at radius 1 is 1.23 bits per heavy atom. The molecule has 0 aromatic heterocycles. The van der Waals surface area contributed by atoms with Crippen molar-refractivity contribution in [2.45, 2.75) is 6.92 Å². The Kier molecular flexibility index (Phi) is 2.23. The zero-order chi connectivity index (χ0) is 9.10. The van der Waals surface area contributed by atoms with E-state index < -0.39 is 0 Å². The average Bonchev–Trinajstić information content (AvgIpc) is 2.20. The third kappa shape index (κ3) is 1.84. The molecule has 1 aromatic rings. The summed E-state index contributed by atoms with van der Waals surface area (Å²) in [4.78, 5) is 4.38. The highest BCUT2D eigenvalue weighted by Gasteiger charge is 2.09. The summed E-state index contributed by atoms with van der Waals surface area (Å²) in [5, 5.41) is 2.17. The maximum absolute atomic E-state index is 4.38. The Hall–Kier alpha value is -1.41. The Bertz CT molecular complexity index is 350. The van der Waals surface area contributed by atoms with Crippen LogP contribution in [-0.4, -0.2) is 12.4 Å². The second-order valence-electron chi connectivity index (χ2n) is 3.26. The number of hydrogen-bond acceptors (Lipinski definition) is 1. The van der Waals surface area contributed by atoms with Gasteiger partial charge in [-0.15, -0.1) is 0 Å². The van der Waals surface area contributed by atoms with Gasteiger partial charge in [0, 0.05) is 6.20 Å². The summed E-state index contributed by atoms with van der Waals surface area (Å²) in [6.45, 7) is 3.12. The Balaban J connectivity index is 2.29. The molecule has 13 heavy (non-hydrogen) atoms. The molecule has 0 fully saturated rings. The fourth-order valence-electron chi connectivity index (χ4n) is 1.34. The second-order valence-corrected chi connectivity index (χ2v) is 3.26. The molecule has 0 unspecified atom stereocenters. The van der Waals surface area contributed by atoms with Gasteiger partial charge in [-0.3, -0.25) is 5.32 Å². The number of nitrogens with two attached hydrogens (primary N) is 1. The van der Waals surface area contributed by atoms with E-state index in [1.807, 2.05) is 24.4 Å². The molecule has 2 heteroatoms. The molecular weight excluding hydrogens is 160 g/mol. The fraction of sp³-hybridized carbons (Fsp3) is 0.182. The molecule has 1 aromatic carbocycles. The van der Waals surface area contributed by atoms with Crippen LogP contribution in [0.2, 0.25) is 0 Å². The van der Waals surface area contributed by atoms with Crippen LogP contribution in [-0.2, 0) is 0 Å². The maximum Gasteiger partial charge on any atom is 0.231 e. The van der Waals surface area contributed by atoms with Gasteiger partial charge in [-0.25, -0.2) is 4.99 Å². The van der Waals surface area contributed by atoms with Crippen LogP contribution in [0.15, 0.2) is 47.1 Å². The van der Waals surface area contributed by atoms with E-state index in [-0.39, 0.29) is 0 Å².